The molecule has 1 fully saturated rings. The molecule has 1 amide bonds. The van der Waals surface area contributed by atoms with Crippen LogP contribution in [0.5, 0.6) is 11.5 Å². The van der Waals surface area contributed by atoms with Crippen molar-refractivity contribution in [3.8, 4) is 11.5 Å². The number of carbonyl (C=O) groups is 1. The van der Waals surface area contributed by atoms with E-state index in [1.54, 1.807) is 19.1 Å². The van der Waals surface area contributed by atoms with Gasteiger partial charge in [0, 0.05) is 0 Å². The third-order valence-electron chi connectivity index (χ3n) is 3.63. The second-order valence-corrected chi connectivity index (χ2v) is 6.16. The summed E-state index contributed by atoms with van der Waals surface area (Å²) < 4.78 is 19.3. The molecular formula is C18H14ClFN2O3S. The van der Waals surface area contributed by atoms with Crippen molar-refractivity contribution in [1.82, 2.24) is 5.32 Å². The van der Waals surface area contributed by atoms with Gasteiger partial charge in [-0.05, 0) is 55.0 Å². The number of hydrogen-bond acceptors (Lipinski definition) is 4. The number of para-hydroxylation sites is 1. The van der Waals surface area contributed by atoms with Gasteiger partial charge in [-0.1, -0.05) is 23.7 Å². The van der Waals surface area contributed by atoms with Crippen LogP contribution in [-0.2, 0) is 4.79 Å². The summed E-state index contributed by atoms with van der Waals surface area (Å²) in [5, 5.41) is 12.8. The van der Waals surface area contributed by atoms with Gasteiger partial charge in [0.15, 0.2) is 16.6 Å². The van der Waals surface area contributed by atoms with E-state index in [4.69, 9.17) is 28.6 Å². The van der Waals surface area contributed by atoms with E-state index in [1.165, 1.54) is 30.3 Å². The quantitative estimate of drug-likeness (QED) is 0.611. The number of anilines is 1. The summed E-state index contributed by atoms with van der Waals surface area (Å²) in [6.07, 6.45) is 1.50. The molecule has 0 atom stereocenters. The molecule has 1 heterocycles. The predicted octanol–water partition coefficient (Wildman–Crippen LogP) is 3.85. The number of hydrogen-bond donors (Lipinski definition) is 2. The van der Waals surface area contributed by atoms with Crippen LogP contribution in [0, 0.1) is 5.82 Å². The van der Waals surface area contributed by atoms with Crippen molar-refractivity contribution in [3.05, 3.63) is 58.5 Å². The maximum atomic E-state index is 14.0. The number of ether oxygens (including phenoxy) is 1. The third kappa shape index (κ3) is 3.36. The molecule has 134 valence electrons. The zero-order valence-electron chi connectivity index (χ0n) is 13.6. The first-order valence-corrected chi connectivity index (χ1v) is 8.48. The maximum absolute atomic E-state index is 14.0. The van der Waals surface area contributed by atoms with Gasteiger partial charge in [-0.15, -0.1) is 0 Å². The van der Waals surface area contributed by atoms with E-state index < -0.39 is 11.7 Å². The summed E-state index contributed by atoms with van der Waals surface area (Å²) in [6, 6.07) is 8.89. The molecule has 1 saturated heterocycles. The molecule has 0 aromatic heterocycles. The summed E-state index contributed by atoms with van der Waals surface area (Å²) in [5.41, 5.74) is 0.741. The van der Waals surface area contributed by atoms with Crippen LogP contribution in [0.15, 0.2) is 42.1 Å². The van der Waals surface area contributed by atoms with Crippen molar-refractivity contribution >= 4 is 46.6 Å². The average Bonchev–Trinajstić information content (AvgIpc) is 2.87. The fraction of sp³-hybridized carbons (Fsp3) is 0.111. The van der Waals surface area contributed by atoms with E-state index in [0.717, 1.165) is 4.90 Å². The highest BCUT2D eigenvalue weighted by Crippen LogP contribution is 2.36. The normalized spacial score (nSPS) is 15.5. The number of nitrogens with one attached hydrogen (secondary N) is 1. The Hall–Kier alpha value is -2.64. The van der Waals surface area contributed by atoms with E-state index in [-0.39, 0.29) is 33.0 Å². The monoisotopic (exact) mass is 392 g/mol. The average molecular weight is 393 g/mol. The molecule has 0 spiro atoms. The van der Waals surface area contributed by atoms with Crippen molar-refractivity contribution in [3.63, 3.8) is 0 Å². The minimum absolute atomic E-state index is 0.0668. The van der Waals surface area contributed by atoms with Gasteiger partial charge >= 0.3 is 0 Å². The number of rotatable bonds is 4. The van der Waals surface area contributed by atoms with Crippen LogP contribution in [0.3, 0.4) is 0 Å². The highest BCUT2D eigenvalue weighted by Gasteiger charge is 2.33. The highest BCUT2D eigenvalue weighted by molar-refractivity contribution is 7.80. The summed E-state index contributed by atoms with van der Waals surface area (Å²) in [5.74, 6) is -1.03. The molecule has 1 aliphatic heterocycles. The minimum atomic E-state index is -0.558. The number of nitrogens with zero attached hydrogens (tertiary/aromatic N) is 1. The summed E-state index contributed by atoms with van der Waals surface area (Å²) in [4.78, 5) is 13.7. The second kappa shape index (κ2) is 7.31. The lowest BCUT2D eigenvalue weighted by Crippen LogP contribution is -2.31. The van der Waals surface area contributed by atoms with Crippen molar-refractivity contribution < 1.29 is 19.0 Å². The van der Waals surface area contributed by atoms with E-state index >= 15 is 0 Å². The molecular weight excluding hydrogens is 379 g/mol. The Morgan fingerprint density at radius 3 is 2.81 bits per heavy atom. The van der Waals surface area contributed by atoms with Gasteiger partial charge in [-0.25, -0.2) is 9.29 Å². The number of benzene rings is 2. The first-order chi connectivity index (χ1) is 12.4. The number of halogens is 2. The SMILES string of the molecule is CCOc1cc(/C=C2\NC(=S)N(c3ccccc3F)C2=O)cc(Cl)c1O. The lowest BCUT2D eigenvalue weighted by molar-refractivity contribution is -0.113. The molecule has 2 N–H and O–H groups in total. The van der Waals surface area contributed by atoms with E-state index in [1.807, 2.05) is 0 Å². The first-order valence-electron chi connectivity index (χ1n) is 7.69. The topological polar surface area (TPSA) is 61.8 Å². The standard InChI is InChI=1S/C18H14ClFN2O3S/c1-2-25-15-9-10(7-11(19)16(15)23)8-13-17(24)22(18(26)21-13)14-6-4-3-5-12(14)20/h3-9,23H,2H2,1H3,(H,21,26)/b13-8-. The maximum Gasteiger partial charge on any atom is 0.281 e. The molecule has 0 aliphatic carbocycles. The molecule has 2 aromatic carbocycles. The van der Waals surface area contributed by atoms with E-state index in [2.05, 4.69) is 5.32 Å². The lowest BCUT2D eigenvalue weighted by Gasteiger charge is -2.14. The van der Waals surface area contributed by atoms with Gasteiger partial charge in [0.05, 0.1) is 17.3 Å². The molecule has 1 aliphatic rings. The number of amides is 1. The van der Waals surface area contributed by atoms with Gasteiger partial charge in [0.2, 0.25) is 0 Å². The Morgan fingerprint density at radius 2 is 2.12 bits per heavy atom. The predicted molar refractivity (Wildman–Crippen MR) is 102 cm³/mol. The molecule has 5 nitrogen and oxygen atoms in total. The van der Waals surface area contributed by atoms with Crippen LogP contribution in [0.25, 0.3) is 6.08 Å². The number of carbonyl (C=O) groups excluding carboxylic acids is 1. The molecule has 2 aromatic rings. The Bertz CT molecular complexity index is 933. The van der Waals surface area contributed by atoms with Crippen LogP contribution in [-0.4, -0.2) is 22.7 Å². The van der Waals surface area contributed by atoms with Gasteiger partial charge < -0.3 is 15.2 Å². The van der Waals surface area contributed by atoms with Crippen molar-refractivity contribution in [2.24, 2.45) is 0 Å². The molecule has 0 radical (unpaired) electrons. The summed E-state index contributed by atoms with van der Waals surface area (Å²) >= 11 is 11.2. The van der Waals surface area contributed by atoms with Gasteiger partial charge in [0.1, 0.15) is 11.5 Å². The Labute approximate surface area is 159 Å². The number of aromatic hydroxyl groups is 1. The molecule has 8 heteroatoms. The molecule has 0 bridgehead atoms. The van der Waals surface area contributed by atoms with Crippen LogP contribution in [0.1, 0.15) is 12.5 Å². The summed E-state index contributed by atoms with van der Waals surface area (Å²) in [6.45, 7) is 2.11. The highest BCUT2D eigenvalue weighted by atomic mass is 35.5. The van der Waals surface area contributed by atoms with Crippen LogP contribution >= 0.6 is 23.8 Å². The van der Waals surface area contributed by atoms with Crippen LogP contribution in [0.2, 0.25) is 5.02 Å². The third-order valence-corrected chi connectivity index (χ3v) is 4.21. The molecule has 0 unspecified atom stereocenters. The molecule has 3 rings (SSSR count). The van der Waals surface area contributed by atoms with E-state index in [0.29, 0.717) is 12.2 Å². The largest absolute Gasteiger partial charge is 0.503 e. The zero-order valence-corrected chi connectivity index (χ0v) is 15.2. The van der Waals surface area contributed by atoms with Crippen LogP contribution in [0.4, 0.5) is 10.1 Å². The van der Waals surface area contributed by atoms with Crippen molar-refractivity contribution in [2.75, 3.05) is 11.5 Å². The molecule has 0 saturated carbocycles. The smallest absolute Gasteiger partial charge is 0.281 e. The number of phenols is 1. The van der Waals surface area contributed by atoms with Crippen molar-refractivity contribution in [1.29, 1.82) is 0 Å². The lowest BCUT2D eigenvalue weighted by atomic mass is 10.1. The number of thiocarbonyl (C=S) groups is 1. The Morgan fingerprint density at radius 1 is 1.38 bits per heavy atom. The molecule has 26 heavy (non-hydrogen) atoms. The summed E-state index contributed by atoms with van der Waals surface area (Å²) in [7, 11) is 0. The van der Waals surface area contributed by atoms with E-state index in [9.17, 15) is 14.3 Å². The van der Waals surface area contributed by atoms with Crippen LogP contribution < -0.4 is 15.0 Å². The van der Waals surface area contributed by atoms with Gasteiger partial charge in [0.25, 0.3) is 5.91 Å². The van der Waals surface area contributed by atoms with Gasteiger partial charge in [-0.3, -0.25) is 4.79 Å². The van der Waals surface area contributed by atoms with Gasteiger partial charge in [-0.2, -0.15) is 0 Å². The Balaban J connectivity index is 1.97. The second-order valence-electron chi connectivity index (χ2n) is 5.36. The first kappa shape index (κ1) is 18.2. The fourth-order valence-electron chi connectivity index (χ4n) is 2.50. The minimum Gasteiger partial charge on any atom is -0.503 e. The van der Waals surface area contributed by atoms with Crippen molar-refractivity contribution in [2.45, 2.75) is 6.92 Å². The Kier molecular flexibility index (Phi) is 5.11. The fourth-order valence-corrected chi connectivity index (χ4v) is 3.01. The zero-order chi connectivity index (χ0) is 18.8. The number of phenolic OH excluding ortho intramolecular Hbond substituents is 1.